The van der Waals surface area contributed by atoms with E-state index in [1.807, 2.05) is 56.0 Å². The number of anilines is 1. The number of nitrogens with zero attached hydrogens (tertiary/aromatic N) is 3. The molecule has 3 atom stereocenters. The molecule has 0 N–H and O–H groups in total. The van der Waals surface area contributed by atoms with Crippen LogP contribution in [0.1, 0.15) is 20.8 Å². The Morgan fingerprint density at radius 1 is 1.25 bits per heavy atom. The number of alkyl halides is 1. The third kappa shape index (κ3) is 4.10. The lowest BCUT2D eigenvalue weighted by Gasteiger charge is -2.41. The number of benzene rings is 1. The van der Waals surface area contributed by atoms with Gasteiger partial charge in [0.1, 0.15) is 5.60 Å². The number of likely N-dealkylation sites (tertiary alicyclic amines) is 1. The van der Waals surface area contributed by atoms with E-state index in [-0.39, 0.29) is 12.7 Å². The number of hydrogen-bond donors (Lipinski definition) is 0. The number of morpholine rings is 1. The second-order valence-electron chi connectivity index (χ2n) is 8.97. The zero-order chi connectivity index (χ0) is 19.9. The van der Waals surface area contributed by atoms with Gasteiger partial charge in [-0.15, -0.1) is 0 Å². The molecule has 154 valence electrons. The summed E-state index contributed by atoms with van der Waals surface area (Å²) in [6.07, 6.45) is -1.36. The first-order chi connectivity index (χ1) is 13.3. The molecule has 1 amide bonds. The Kier molecular flexibility index (Phi) is 5.22. The Hall–Kier alpha value is -1.86. The van der Waals surface area contributed by atoms with Gasteiger partial charge in [0.05, 0.1) is 18.9 Å². The largest absolute Gasteiger partial charge is 0.444 e. The maximum absolute atomic E-state index is 14.6. The Morgan fingerprint density at radius 3 is 2.54 bits per heavy atom. The fourth-order valence-electron chi connectivity index (χ4n) is 4.39. The van der Waals surface area contributed by atoms with Crippen LogP contribution >= 0.6 is 0 Å². The number of piperidine rings is 1. The number of ether oxygens (including phenoxy) is 2. The van der Waals surface area contributed by atoms with E-state index in [1.165, 1.54) is 0 Å². The predicted molar refractivity (Wildman–Crippen MR) is 104 cm³/mol. The van der Waals surface area contributed by atoms with Gasteiger partial charge in [-0.05, 0) is 50.7 Å². The molecule has 1 aromatic rings. The summed E-state index contributed by atoms with van der Waals surface area (Å²) < 4.78 is 25.3. The number of carbonyl (C=O) groups excluding carboxylic acids is 1. The Balaban J connectivity index is 1.39. The van der Waals surface area contributed by atoms with Crippen molar-refractivity contribution in [3.63, 3.8) is 0 Å². The van der Waals surface area contributed by atoms with Gasteiger partial charge < -0.3 is 19.4 Å². The van der Waals surface area contributed by atoms with E-state index in [9.17, 15) is 9.18 Å². The van der Waals surface area contributed by atoms with Crippen LogP contribution in [-0.2, 0) is 9.47 Å². The highest BCUT2D eigenvalue weighted by Crippen LogP contribution is 2.52. The van der Waals surface area contributed by atoms with Gasteiger partial charge >= 0.3 is 6.09 Å². The van der Waals surface area contributed by atoms with Crippen LogP contribution in [0.3, 0.4) is 0 Å². The average Bonchev–Trinajstić information content (AvgIpc) is 3.08. The number of hydrogen-bond acceptors (Lipinski definition) is 5. The minimum atomic E-state index is -1.13. The molecule has 1 aliphatic carbocycles. The molecule has 3 fully saturated rings. The number of hydrazine groups is 1. The van der Waals surface area contributed by atoms with Crippen molar-refractivity contribution in [2.45, 2.75) is 32.7 Å². The molecule has 2 saturated heterocycles. The summed E-state index contributed by atoms with van der Waals surface area (Å²) in [7, 11) is 0. The molecular formula is C21H30FN3O3. The number of fused-ring (bicyclic) bond motifs is 1. The first-order valence-electron chi connectivity index (χ1n) is 10.1. The lowest BCUT2D eigenvalue weighted by molar-refractivity contribution is -0.0692. The molecule has 2 aliphatic heterocycles. The van der Waals surface area contributed by atoms with Crippen molar-refractivity contribution in [1.82, 2.24) is 9.91 Å². The molecule has 0 spiro atoms. The molecule has 2 heterocycles. The average molecular weight is 391 g/mol. The van der Waals surface area contributed by atoms with E-state index >= 15 is 0 Å². The summed E-state index contributed by atoms with van der Waals surface area (Å²) in [6.45, 7) is 9.07. The van der Waals surface area contributed by atoms with Crippen molar-refractivity contribution in [3.05, 3.63) is 30.3 Å². The first-order valence-corrected chi connectivity index (χ1v) is 10.1. The van der Waals surface area contributed by atoms with Gasteiger partial charge in [-0.1, -0.05) is 18.2 Å². The molecule has 1 saturated carbocycles. The maximum atomic E-state index is 14.6. The molecule has 6 nitrogen and oxygen atoms in total. The van der Waals surface area contributed by atoms with Crippen molar-refractivity contribution >= 4 is 11.8 Å². The van der Waals surface area contributed by atoms with Gasteiger partial charge in [0, 0.05) is 26.2 Å². The lowest BCUT2D eigenvalue weighted by Crippen LogP contribution is -2.54. The van der Waals surface area contributed by atoms with Crippen molar-refractivity contribution in [3.8, 4) is 0 Å². The summed E-state index contributed by atoms with van der Waals surface area (Å²) >= 11 is 0. The second kappa shape index (κ2) is 7.52. The van der Waals surface area contributed by atoms with Crippen molar-refractivity contribution in [1.29, 1.82) is 0 Å². The van der Waals surface area contributed by atoms with Gasteiger partial charge in [0.25, 0.3) is 0 Å². The SMILES string of the molecule is CC(C)(C)OC(=O)N1CC2C(C1)C2CN(c1ccccc1)N1CCOCC1F. The third-order valence-corrected chi connectivity index (χ3v) is 5.81. The molecule has 4 rings (SSSR count). The molecule has 0 radical (unpaired) electrons. The maximum Gasteiger partial charge on any atom is 0.410 e. The van der Waals surface area contributed by atoms with Gasteiger partial charge in [-0.3, -0.25) is 0 Å². The van der Waals surface area contributed by atoms with E-state index in [0.717, 1.165) is 25.3 Å². The molecule has 3 aliphatic rings. The molecule has 3 unspecified atom stereocenters. The summed E-state index contributed by atoms with van der Waals surface area (Å²) in [4.78, 5) is 14.1. The number of para-hydroxylation sites is 1. The van der Waals surface area contributed by atoms with E-state index in [0.29, 0.717) is 30.9 Å². The summed E-state index contributed by atoms with van der Waals surface area (Å²) in [6, 6.07) is 9.97. The smallest absolute Gasteiger partial charge is 0.410 e. The van der Waals surface area contributed by atoms with Crippen LogP contribution in [0.25, 0.3) is 0 Å². The molecule has 0 bridgehead atoms. The minimum absolute atomic E-state index is 0.104. The van der Waals surface area contributed by atoms with E-state index < -0.39 is 11.9 Å². The summed E-state index contributed by atoms with van der Waals surface area (Å²) in [5, 5.41) is 3.87. The van der Waals surface area contributed by atoms with Crippen LogP contribution in [0.2, 0.25) is 0 Å². The fraction of sp³-hybridized carbons (Fsp3) is 0.667. The molecule has 1 aromatic carbocycles. The Morgan fingerprint density at radius 2 is 1.93 bits per heavy atom. The van der Waals surface area contributed by atoms with Gasteiger partial charge in [-0.2, -0.15) is 5.01 Å². The Labute approximate surface area is 166 Å². The van der Waals surface area contributed by atoms with Gasteiger partial charge in [0.15, 0.2) is 6.30 Å². The van der Waals surface area contributed by atoms with Crippen LogP contribution in [0.5, 0.6) is 0 Å². The topological polar surface area (TPSA) is 45.2 Å². The highest BCUT2D eigenvalue weighted by atomic mass is 19.1. The van der Waals surface area contributed by atoms with E-state index in [1.54, 1.807) is 5.01 Å². The molecule has 28 heavy (non-hydrogen) atoms. The highest BCUT2D eigenvalue weighted by Gasteiger charge is 2.57. The quantitative estimate of drug-likeness (QED) is 0.738. The van der Waals surface area contributed by atoms with Crippen LogP contribution in [0.4, 0.5) is 14.9 Å². The molecule has 7 heteroatoms. The predicted octanol–water partition coefficient (Wildman–Crippen LogP) is 3.15. The van der Waals surface area contributed by atoms with Gasteiger partial charge in [0.2, 0.25) is 0 Å². The van der Waals surface area contributed by atoms with Crippen LogP contribution in [0, 0.1) is 17.8 Å². The summed E-state index contributed by atoms with van der Waals surface area (Å²) in [5.74, 6) is 1.41. The standard InChI is InChI=1S/C21H30FN3O3/c1-21(2,3)28-20(26)23-11-16-17(12-23)18(16)13-25(15-7-5-4-6-8-15)24-9-10-27-14-19(24)22/h4-8,16-19H,9-14H2,1-3H3. The van der Waals surface area contributed by atoms with Crippen LogP contribution in [-0.4, -0.2) is 67.3 Å². The first kappa shape index (κ1) is 19.5. The molecular weight excluding hydrogens is 361 g/mol. The van der Waals surface area contributed by atoms with Crippen LogP contribution in [0.15, 0.2) is 30.3 Å². The van der Waals surface area contributed by atoms with Crippen molar-refractivity contribution in [2.75, 3.05) is 44.4 Å². The third-order valence-electron chi connectivity index (χ3n) is 5.81. The number of rotatable bonds is 4. The van der Waals surface area contributed by atoms with Gasteiger partial charge in [-0.25, -0.2) is 9.18 Å². The second-order valence-corrected chi connectivity index (χ2v) is 8.97. The Bertz CT molecular complexity index is 684. The van der Waals surface area contributed by atoms with Crippen LogP contribution < -0.4 is 5.01 Å². The van der Waals surface area contributed by atoms with E-state index in [2.05, 4.69) is 5.01 Å². The van der Waals surface area contributed by atoms with E-state index in [4.69, 9.17) is 9.47 Å². The van der Waals surface area contributed by atoms with Crippen molar-refractivity contribution in [2.24, 2.45) is 17.8 Å². The summed E-state index contributed by atoms with van der Waals surface area (Å²) in [5.41, 5.74) is 0.529. The zero-order valence-electron chi connectivity index (χ0n) is 16.9. The normalized spacial score (nSPS) is 30.1. The fourth-order valence-corrected chi connectivity index (χ4v) is 4.39. The monoisotopic (exact) mass is 391 g/mol. The number of carbonyl (C=O) groups is 1. The lowest BCUT2D eigenvalue weighted by atomic mass is 10.2. The highest BCUT2D eigenvalue weighted by molar-refractivity contribution is 5.69. The number of halogens is 1. The minimum Gasteiger partial charge on any atom is -0.444 e. The number of amides is 1. The van der Waals surface area contributed by atoms with Crippen molar-refractivity contribution < 1.29 is 18.7 Å². The zero-order valence-corrected chi connectivity index (χ0v) is 16.9. The molecule has 0 aromatic heterocycles.